The Morgan fingerprint density at radius 1 is 0.446 bits per heavy atom. The van der Waals surface area contributed by atoms with Crippen molar-refractivity contribution in [3.63, 3.8) is 0 Å². The number of aliphatic hydroxyl groups is 1. The largest absolute Gasteiger partial charge is 0.460 e. The highest BCUT2D eigenvalue weighted by molar-refractivity contribution is 5.86. The number of rotatable bonds is 17. The summed E-state index contributed by atoms with van der Waals surface area (Å²) in [6.07, 6.45) is -24.8. The van der Waals surface area contributed by atoms with Crippen molar-refractivity contribution in [2.45, 2.75) is 109 Å². The smallest absolute Gasteiger partial charge is 0.438 e. The van der Waals surface area contributed by atoms with Crippen LogP contribution < -0.4 is 0 Å². The Morgan fingerprint density at radius 2 is 0.661 bits per heavy atom. The summed E-state index contributed by atoms with van der Waals surface area (Å²) in [5, 5.41) is 9.14. The number of carbonyl (C=O) groups is 1. The molecule has 3 nitrogen and oxygen atoms in total. The van der Waals surface area contributed by atoms with E-state index in [1.54, 1.807) is 0 Å². The average Bonchev–Trinajstić information content (AvgIpc) is 2.96. The molecular formula is C22H11F31O3. The molecule has 0 bridgehead atoms. The van der Waals surface area contributed by atoms with Crippen molar-refractivity contribution in [2.24, 2.45) is 0 Å². The van der Waals surface area contributed by atoms with E-state index in [0.29, 0.717) is 0 Å². The lowest BCUT2D eigenvalue weighted by molar-refractivity contribution is -0.491. The van der Waals surface area contributed by atoms with E-state index in [4.69, 9.17) is 5.11 Å². The molecule has 1 N–H and O–H groups in total. The average molecular weight is 912 g/mol. The monoisotopic (exact) mass is 912 g/mol. The quantitative estimate of drug-likeness (QED) is 0.0899. The van der Waals surface area contributed by atoms with Crippen LogP contribution >= 0.6 is 0 Å². The lowest BCUT2D eigenvalue weighted by Gasteiger charge is -2.47. The van der Waals surface area contributed by atoms with Gasteiger partial charge < -0.3 is 9.84 Å². The lowest BCUT2D eigenvalue weighted by Crippen LogP contribution is -2.80. The molecule has 0 rings (SSSR count). The second-order valence-electron chi connectivity index (χ2n) is 10.9. The molecule has 0 radical (unpaired) electrons. The van der Waals surface area contributed by atoms with Gasteiger partial charge in [-0.05, 0) is 6.92 Å². The molecule has 0 spiro atoms. The zero-order valence-electron chi connectivity index (χ0n) is 25.2. The lowest BCUT2D eigenvalue weighted by atomic mass is 9.81. The molecule has 0 saturated carbocycles. The minimum Gasteiger partial charge on any atom is -0.460 e. The first-order valence-electron chi connectivity index (χ1n) is 12.6. The molecule has 0 aliphatic carbocycles. The molecule has 0 aromatic rings. The topological polar surface area (TPSA) is 46.5 Å². The summed E-state index contributed by atoms with van der Waals surface area (Å²) >= 11 is 0. The summed E-state index contributed by atoms with van der Waals surface area (Å²) in [6.45, 7) is 1.42. The summed E-state index contributed by atoms with van der Waals surface area (Å²) in [5.74, 6) is -117. The Hall–Kier alpha value is -3.00. The number of hydrogen-bond donors (Lipinski definition) is 1. The van der Waals surface area contributed by atoms with Crippen molar-refractivity contribution >= 4 is 5.97 Å². The van der Waals surface area contributed by atoms with Crippen LogP contribution in [0.2, 0.25) is 0 Å². The van der Waals surface area contributed by atoms with Crippen LogP contribution in [-0.2, 0) is 9.53 Å². The van der Waals surface area contributed by atoms with Gasteiger partial charge in [0.05, 0.1) is 6.10 Å². The number of halogens is 31. The summed E-state index contributed by atoms with van der Waals surface area (Å²) in [7, 11) is 0. The summed E-state index contributed by atoms with van der Waals surface area (Å²) < 4.78 is 426. The van der Waals surface area contributed by atoms with Crippen LogP contribution in [0.25, 0.3) is 0 Å². The maximum Gasteiger partial charge on any atom is 0.438 e. The van der Waals surface area contributed by atoms with Gasteiger partial charge in [0.25, 0.3) is 0 Å². The van der Waals surface area contributed by atoms with Crippen molar-refractivity contribution in [1.82, 2.24) is 0 Å². The van der Waals surface area contributed by atoms with E-state index in [9.17, 15) is 141 Å². The number of ether oxygens (including phenoxy) is 1. The number of aliphatic hydroxyl groups excluding tert-OH is 1. The summed E-state index contributed by atoms with van der Waals surface area (Å²) in [4.78, 5) is 11.1. The molecule has 1 unspecified atom stereocenters. The maximum absolute atomic E-state index is 14.0. The van der Waals surface area contributed by atoms with Gasteiger partial charge in [0.2, 0.25) is 0 Å². The highest BCUT2D eigenvalue weighted by Crippen LogP contribution is 2.70. The molecule has 34 heteroatoms. The fourth-order valence-electron chi connectivity index (χ4n) is 3.52. The van der Waals surface area contributed by atoms with Crippen molar-refractivity contribution in [3.05, 3.63) is 12.2 Å². The minimum atomic E-state index is -10.2. The Bertz CT molecular complexity index is 1440. The molecule has 0 aromatic carbocycles. The first kappa shape index (κ1) is 53.0. The molecule has 0 aliphatic rings. The Balaban J connectivity index is 7.52. The van der Waals surface area contributed by atoms with Crippen LogP contribution in [0.5, 0.6) is 0 Å². The van der Waals surface area contributed by atoms with E-state index in [1.807, 2.05) is 0 Å². The van der Waals surface area contributed by atoms with Crippen LogP contribution in [0.3, 0.4) is 0 Å². The third-order valence-corrected chi connectivity index (χ3v) is 6.86. The first-order chi connectivity index (χ1) is 23.7. The van der Waals surface area contributed by atoms with Gasteiger partial charge in [-0.15, -0.1) is 0 Å². The van der Waals surface area contributed by atoms with Gasteiger partial charge in [0.1, 0.15) is 6.61 Å². The molecule has 0 saturated heterocycles. The molecule has 0 aromatic heterocycles. The van der Waals surface area contributed by atoms with Gasteiger partial charge >= 0.3 is 95.1 Å². The summed E-state index contributed by atoms with van der Waals surface area (Å²) in [6, 6.07) is 0. The summed E-state index contributed by atoms with van der Waals surface area (Å²) in [5.41, 5.74) is -10.1. The van der Waals surface area contributed by atoms with Crippen LogP contribution in [-0.4, -0.2) is 113 Å². The molecular weight excluding hydrogens is 901 g/mol. The molecule has 56 heavy (non-hydrogen) atoms. The van der Waals surface area contributed by atoms with E-state index >= 15 is 0 Å². The van der Waals surface area contributed by atoms with Crippen LogP contribution in [0.1, 0.15) is 13.3 Å². The van der Waals surface area contributed by atoms with Gasteiger partial charge in [-0.1, -0.05) is 6.58 Å². The van der Waals surface area contributed by atoms with Gasteiger partial charge in [-0.25, -0.2) is 9.18 Å². The van der Waals surface area contributed by atoms with Crippen LogP contribution in [0.4, 0.5) is 136 Å². The van der Waals surface area contributed by atoms with Crippen molar-refractivity contribution < 1.29 is 151 Å². The SMILES string of the molecule is C=C(C)C(=O)OCC(O)CC(F)(F)C(F)(F)C(F)(F)C(F)(F)C(F)(F)C(F)(F)C(F)(F)C(F)(F)C(F)(F)C(F)(F)C(F)(F)C(F)(F)C(F)(C(F)(F)F)C(F)(F)F. The van der Waals surface area contributed by atoms with Crippen LogP contribution in [0.15, 0.2) is 12.2 Å². The van der Waals surface area contributed by atoms with E-state index in [1.165, 1.54) is 0 Å². The van der Waals surface area contributed by atoms with Crippen molar-refractivity contribution in [3.8, 4) is 0 Å². The molecule has 1 atom stereocenters. The Labute approximate surface area is 285 Å². The molecule has 334 valence electrons. The third kappa shape index (κ3) is 6.79. The van der Waals surface area contributed by atoms with Gasteiger partial charge in [0, 0.05) is 12.0 Å². The van der Waals surface area contributed by atoms with Crippen molar-refractivity contribution in [2.75, 3.05) is 6.61 Å². The van der Waals surface area contributed by atoms with Gasteiger partial charge in [0.15, 0.2) is 0 Å². The molecule has 0 amide bonds. The fraction of sp³-hybridized carbons (Fsp3) is 0.864. The fourth-order valence-corrected chi connectivity index (χ4v) is 3.52. The van der Waals surface area contributed by atoms with E-state index < -0.39 is 120 Å². The zero-order valence-corrected chi connectivity index (χ0v) is 25.2. The third-order valence-electron chi connectivity index (χ3n) is 6.86. The number of esters is 1. The van der Waals surface area contributed by atoms with Gasteiger partial charge in [-0.2, -0.15) is 132 Å². The van der Waals surface area contributed by atoms with E-state index in [0.717, 1.165) is 6.92 Å². The Kier molecular flexibility index (Phi) is 13.1. The Morgan fingerprint density at radius 3 is 0.875 bits per heavy atom. The first-order valence-corrected chi connectivity index (χ1v) is 12.6. The van der Waals surface area contributed by atoms with Crippen molar-refractivity contribution in [1.29, 1.82) is 0 Å². The zero-order chi connectivity index (χ0) is 46.4. The van der Waals surface area contributed by atoms with Gasteiger partial charge in [-0.3, -0.25) is 0 Å². The minimum absolute atomic E-state index is 0.724. The second kappa shape index (κ2) is 13.8. The molecule has 0 heterocycles. The standard InChI is InChI=1S/C22H11F31O3/c1-5(2)7(55)56-4-6(54)3-8(23,24)10(26,27)12(30,31)14(34,35)16(38,39)18(42,43)20(46,47)19(44,45)17(40,41)15(36,37)13(32,33)11(28,29)9(25,21(48,49)50)22(51,52)53/h6,54H,1,3-4H2,2H3. The maximum atomic E-state index is 14.0. The number of alkyl halides is 31. The predicted octanol–water partition coefficient (Wildman–Crippen LogP) is 10.3. The normalized spacial score (nSPS) is 16.9. The highest BCUT2D eigenvalue weighted by Gasteiger charge is 3.02. The molecule has 0 aliphatic heterocycles. The van der Waals surface area contributed by atoms with E-state index in [-0.39, 0.29) is 0 Å². The molecule has 0 fully saturated rings. The van der Waals surface area contributed by atoms with E-state index in [2.05, 4.69) is 11.3 Å². The highest BCUT2D eigenvalue weighted by atomic mass is 19.4. The van der Waals surface area contributed by atoms with Crippen LogP contribution in [0, 0.1) is 0 Å². The number of carbonyl (C=O) groups excluding carboxylic acids is 1. The predicted molar refractivity (Wildman–Crippen MR) is 112 cm³/mol. The second-order valence-corrected chi connectivity index (χ2v) is 10.9. The number of hydrogen-bond acceptors (Lipinski definition) is 3.